The average Bonchev–Trinajstić information content (AvgIpc) is 2.85. The second kappa shape index (κ2) is 6.35. The summed E-state index contributed by atoms with van der Waals surface area (Å²) in [6.07, 6.45) is 6.91. The summed E-state index contributed by atoms with van der Waals surface area (Å²) < 4.78 is 0. The van der Waals surface area contributed by atoms with Gasteiger partial charge in [0.15, 0.2) is 0 Å². The van der Waals surface area contributed by atoms with Crippen molar-refractivity contribution in [3.05, 3.63) is 16.1 Å². The molecular formula is C17H29N3S. The Kier molecular flexibility index (Phi) is 4.67. The third-order valence-electron chi connectivity index (χ3n) is 5.27. The Bertz CT molecular complexity index is 462. The average molecular weight is 308 g/mol. The van der Waals surface area contributed by atoms with E-state index in [-0.39, 0.29) is 0 Å². The number of hydrogen-bond acceptors (Lipinski definition) is 4. The van der Waals surface area contributed by atoms with Gasteiger partial charge in [0.1, 0.15) is 0 Å². The van der Waals surface area contributed by atoms with Crippen molar-refractivity contribution in [3.63, 3.8) is 0 Å². The summed E-state index contributed by atoms with van der Waals surface area (Å²) in [6, 6.07) is 0.638. The van der Waals surface area contributed by atoms with Crippen molar-refractivity contribution in [2.24, 2.45) is 5.92 Å². The van der Waals surface area contributed by atoms with Gasteiger partial charge in [-0.3, -0.25) is 4.90 Å². The van der Waals surface area contributed by atoms with Crippen LogP contribution in [0, 0.1) is 12.8 Å². The molecule has 118 valence electrons. The van der Waals surface area contributed by atoms with E-state index in [0.29, 0.717) is 17.5 Å². The van der Waals surface area contributed by atoms with Crippen LogP contribution < -0.4 is 5.32 Å². The van der Waals surface area contributed by atoms with Crippen molar-refractivity contribution in [3.8, 4) is 0 Å². The molecule has 1 N–H and O–H groups in total. The van der Waals surface area contributed by atoms with Crippen molar-refractivity contribution in [1.29, 1.82) is 0 Å². The SMILES string of the molecule is Cc1nc(CN2CC3(CCCCC3)NCC2C(C)C)cs1. The van der Waals surface area contributed by atoms with Gasteiger partial charge in [-0.25, -0.2) is 4.98 Å². The zero-order valence-electron chi connectivity index (χ0n) is 13.7. The number of aromatic nitrogens is 1. The number of thiazole rings is 1. The predicted octanol–water partition coefficient (Wildman–Crippen LogP) is 3.58. The molecule has 3 rings (SSSR count). The molecule has 2 heterocycles. The maximum atomic E-state index is 4.69. The van der Waals surface area contributed by atoms with Gasteiger partial charge in [0.25, 0.3) is 0 Å². The maximum absolute atomic E-state index is 4.69. The molecule has 1 spiro atoms. The fourth-order valence-electron chi connectivity index (χ4n) is 4.09. The lowest BCUT2D eigenvalue weighted by molar-refractivity contribution is 0.0302. The molecule has 1 aromatic rings. The van der Waals surface area contributed by atoms with Crippen molar-refractivity contribution >= 4 is 11.3 Å². The van der Waals surface area contributed by atoms with E-state index in [4.69, 9.17) is 0 Å². The fourth-order valence-corrected chi connectivity index (χ4v) is 4.70. The Hall–Kier alpha value is -0.450. The summed E-state index contributed by atoms with van der Waals surface area (Å²) in [5.41, 5.74) is 1.64. The van der Waals surface area contributed by atoms with Gasteiger partial charge in [-0.15, -0.1) is 11.3 Å². The van der Waals surface area contributed by atoms with Crippen LogP contribution in [-0.4, -0.2) is 34.6 Å². The van der Waals surface area contributed by atoms with E-state index in [1.54, 1.807) is 11.3 Å². The first-order chi connectivity index (χ1) is 10.1. The Balaban J connectivity index is 1.74. The van der Waals surface area contributed by atoms with Gasteiger partial charge < -0.3 is 5.32 Å². The number of piperazine rings is 1. The Labute approximate surface area is 133 Å². The van der Waals surface area contributed by atoms with Crippen LogP contribution in [0.3, 0.4) is 0 Å². The first-order valence-corrected chi connectivity index (χ1v) is 9.36. The molecule has 1 atom stereocenters. The van der Waals surface area contributed by atoms with Crippen LogP contribution in [0.4, 0.5) is 0 Å². The maximum Gasteiger partial charge on any atom is 0.0897 e. The minimum absolute atomic E-state index is 0.384. The largest absolute Gasteiger partial charge is 0.308 e. The van der Waals surface area contributed by atoms with E-state index in [1.807, 2.05) is 0 Å². The lowest BCUT2D eigenvalue weighted by Crippen LogP contribution is -2.65. The number of aryl methyl sites for hydroxylation is 1. The van der Waals surface area contributed by atoms with Crippen LogP contribution in [0.25, 0.3) is 0 Å². The molecule has 4 heteroatoms. The van der Waals surface area contributed by atoms with Gasteiger partial charge in [-0.2, -0.15) is 0 Å². The molecule has 1 saturated carbocycles. The Morgan fingerprint density at radius 1 is 1.38 bits per heavy atom. The molecule has 1 aliphatic carbocycles. The second-order valence-corrected chi connectivity index (χ2v) is 8.36. The molecule has 2 fully saturated rings. The number of nitrogens with zero attached hydrogens (tertiary/aromatic N) is 2. The highest BCUT2D eigenvalue weighted by atomic mass is 32.1. The third kappa shape index (κ3) is 3.49. The van der Waals surface area contributed by atoms with Crippen LogP contribution >= 0.6 is 11.3 Å². The van der Waals surface area contributed by atoms with E-state index in [9.17, 15) is 0 Å². The predicted molar refractivity (Wildman–Crippen MR) is 89.7 cm³/mol. The molecule has 1 saturated heterocycles. The zero-order valence-corrected chi connectivity index (χ0v) is 14.5. The third-order valence-corrected chi connectivity index (χ3v) is 6.10. The first-order valence-electron chi connectivity index (χ1n) is 8.48. The highest BCUT2D eigenvalue weighted by Gasteiger charge is 2.40. The van der Waals surface area contributed by atoms with Crippen molar-refractivity contribution in [2.45, 2.75) is 71.0 Å². The molecule has 0 bridgehead atoms. The Morgan fingerprint density at radius 2 is 2.14 bits per heavy atom. The second-order valence-electron chi connectivity index (χ2n) is 7.30. The van der Waals surface area contributed by atoms with Gasteiger partial charge in [0, 0.05) is 36.6 Å². The summed E-state index contributed by atoms with van der Waals surface area (Å²) in [4.78, 5) is 7.40. The van der Waals surface area contributed by atoms with Crippen molar-refractivity contribution in [2.75, 3.05) is 13.1 Å². The van der Waals surface area contributed by atoms with E-state index >= 15 is 0 Å². The molecule has 1 unspecified atom stereocenters. The molecule has 21 heavy (non-hydrogen) atoms. The molecular weight excluding hydrogens is 278 g/mol. The number of hydrogen-bond donors (Lipinski definition) is 1. The summed E-state index contributed by atoms with van der Waals surface area (Å²) in [7, 11) is 0. The summed E-state index contributed by atoms with van der Waals surface area (Å²) in [6.45, 7) is 10.2. The van der Waals surface area contributed by atoms with Crippen molar-refractivity contribution < 1.29 is 0 Å². The smallest absolute Gasteiger partial charge is 0.0897 e. The first kappa shape index (κ1) is 15.4. The van der Waals surface area contributed by atoms with Gasteiger partial charge in [-0.05, 0) is 25.7 Å². The lowest BCUT2D eigenvalue weighted by atomic mass is 9.78. The van der Waals surface area contributed by atoms with E-state index in [1.165, 1.54) is 49.4 Å². The van der Waals surface area contributed by atoms with E-state index < -0.39 is 0 Å². The zero-order chi connectivity index (χ0) is 14.9. The normalized spacial score (nSPS) is 26.6. The molecule has 0 amide bonds. The van der Waals surface area contributed by atoms with Gasteiger partial charge in [0.2, 0.25) is 0 Å². The Morgan fingerprint density at radius 3 is 2.76 bits per heavy atom. The van der Waals surface area contributed by atoms with Gasteiger partial charge in [0.05, 0.1) is 10.7 Å². The molecule has 0 radical (unpaired) electrons. The van der Waals surface area contributed by atoms with Gasteiger partial charge >= 0.3 is 0 Å². The van der Waals surface area contributed by atoms with Crippen LogP contribution in [-0.2, 0) is 6.54 Å². The highest BCUT2D eigenvalue weighted by Crippen LogP contribution is 2.33. The summed E-state index contributed by atoms with van der Waals surface area (Å²) >= 11 is 1.78. The molecule has 3 nitrogen and oxygen atoms in total. The monoisotopic (exact) mass is 307 g/mol. The number of rotatable bonds is 3. The standard InChI is InChI=1S/C17H29N3S/c1-13(2)16-9-18-17(7-5-4-6-8-17)12-20(16)10-15-11-21-14(3)19-15/h11,13,16,18H,4-10,12H2,1-3H3. The molecule has 1 aliphatic heterocycles. The van der Waals surface area contributed by atoms with Crippen LogP contribution in [0.1, 0.15) is 56.7 Å². The lowest BCUT2D eigenvalue weighted by Gasteiger charge is -2.50. The minimum Gasteiger partial charge on any atom is -0.308 e. The van der Waals surface area contributed by atoms with E-state index in [0.717, 1.165) is 13.1 Å². The minimum atomic E-state index is 0.384. The molecule has 1 aromatic heterocycles. The summed E-state index contributed by atoms with van der Waals surface area (Å²) in [5, 5.41) is 7.35. The molecule has 2 aliphatic rings. The van der Waals surface area contributed by atoms with Crippen LogP contribution in [0.15, 0.2) is 5.38 Å². The van der Waals surface area contributed by atoms with Crippen LogP contribution in [0.2, 0.25) is 0 Å². The van der Waals surface area contributed by atoms with E-state index in [2.05, 4.69) is 41.4 Å². The van der Waals surface area contributed by atoms with Crippen LogP contribution in [0.5, 0.6) is 0 Å². The molecule has 0 aromatic carbocycles. The quantitative estimate of drug-likeness (QED) is 0.925. The topological polar surface area (TPSA) is 28.2 Å². The highest BCUT2D eigenvalue weighted by molar-refractivity contribution is 7.09. The fraction of sp³-hybridized carbons (Fsp3) is 0.824. The van der Waals surface area contributed by atoms with Gasteiger partial charge in [-0.1, -0.05) is 33.1 Å². The summed E-state index contributed by atoms with van der Waals surface area (Å²) in [5.74, 6) is 0.693. The van der Waals surface area contributed by atoms with Crippen molar-refractivity contribution in [1.82, 2.24) is 15.2 Å². The number of nitrogens with one attached hydrogen (secondary N) is 1.